The van der Waals surface area contributed by atoms with Crippen molar-refractivity contribution in [2.24, 2.45) is 0 Å². The summed E-state index contributed by atoms with van der Waals surface area (Å²) in [5.41, 5.74) is 3.25. The van der Waals surface area contributed by atoms with Crippen LogP contribution in [0.1, 0.15) is 17.5 Å². The summed E-state index contributed by atoms with van der Waals surface area (Å²) in [6.45, 7) is 0. The molecule has 138 valence electrons. The number of carbonyl (C=O) groups is 1. The molecule has 0 atom stereocenters. The second-order valence-corrected chi connectivity index (χ2v) is 8.79. The lowest BCUT2D eigenvalue weighted by Crippen LogP contribution is -2.17. The van der Waals surface area contributed by atoms with Crippen molar-refractivity contribution in [1.29, 1.82) is 0 Å². The highest BCUT2D eigenvalue weighted by Gasteiger charge is 2.19. The van der Waals surface area contributed by atoms with Gasteiger partial charge in [-0.15, -0.1) is 0 Å². The minimum atomic E-state index is -3.64. The molecule has 0 unspecified atom stereocenters. The van der Waals surface area contributed by atoms with E-state index in [4.69, 9.17) is 0 Å². The minimum absolute atomic E-state index is 0.0158. The number of nitrogens with one attached hydrogen (secondary N) is 1. The monoisotopic (exact) mass is 383 g/mol. The smallest absolute Gasteiger partial charge is 0.225 e. The maximum atomic E-state index is 13.0. The average Bonchev–Trinajstić information content (AvgIpc) is 3.08. The Morgan fingerprint density at radius 1 is 0.963 bits per heavy atom. The summed E-state index contributed by atoms with van der Waals surface area (Å²) < 4.78 is 37.6. The fourth-order valence-electron chi connectivity index (χ4n) is 3.56. The molecule has 27 heavy (non-hydrogen) atoms. The highest BCUT2D eigenvalue weighted by atomic mass is 32.2. The summed E-state index contributed by atoms with van der Waals surface area (Å²) in [5.74, 6) is -1.19. The molecule has 0 saturated heterocycles. The van der Waals surface area contributed by atoms with Gasteiger partial charge in [0.2, 0.25) is 5.91 Å². The summed E-state index contributed by atoms with van der Waals surface area (Å²) in [4.78, 5) is 12.4. The molecule has 0 aromatic heterocycles. The third-order valence-corrected chi connectivity index (χ3v) is 6.65. The lowest BCUT2D eigenvalue weighted by atomic mass is 10.0. The van der Waals surface area contributed by atoms with Gasteiger partial charge >= 0.3 is 0 Å². The van der Waals surface area contributed by atoms with Crippen LogP contribution in [0.4, 0.5) is 10.1 Å². The molecule has 0 heterocycles. The van der Waals surface area contributed by atoms with Crippen molar-refractivity contribution in [1.82, 2.24) is 0 Å². The Hall–Kier alpha value is -2.73. The van der Waals surface area contributed by atoms with Crippen LogP contribution < -0.4 is 5.32 Å². The van der Waals surface area contributed by atoms with Gasteiger partial charge in [-0.3, -0.25) is 4.79 Å². The number of rotatable bonds is 5. The van der Waals surface area contributed by atoms with E-state index < -0.39 is 15.7 Å². The van der Waals surface area contributed by atoms with Crippen LogP contribution in [-0.4, -0.2) is 20.1 Å². The lowest BCUT2D eigenvalue weighted by molar-refractivity contribution is -0.115. The molecule has 1 amide bonds. The van der Waals surface area contributed by atoms with E-state index in [0.29, 0.717) is 5.69 Å². The van der Waals surface area contributed by atoms with Gasteiger partial charge in [0.15, 0.2) is 9.84 Å². The first-order valence-electron chi connectivity index (χ1n) is 8.76. The number of sulfone groups is 1. The number of aryl methyl sites for hydroxylation is 2. The first kappa shape index (κ1) is 17.7. The Morgan fingerprint density at radius 3 is 2.41 bits per heavy atom. The van der Waals surface area contributed by atoms with Crippen LogP contribution in [-0.2, 0) is 27.5 Å². The molecule has 1 aliphatic rings. The van der Waals surface area contributed by atoms with Gasteiger partial charge in [-0.1, -0.05) is 24.3 Å². The molecule has 0 saturated carbocycles. The first-order chi connectivity index (χ1) is 12.9. The largest absolute Gasteiger partial charge is 0.325 e. The lowest BCUT2D eigenvalue weighted by Gasteiger charge is -2.11. The predicted molar refractivity (Wildman–Crippen MR) is 103 cm³/mol. The summed E-state index contributed by atoms with van der Waals surface area (Å²) in [7, 11) is -3.64. The number of hydrogen-bond donors (Lipinski definition) is 1. The molecule has 1 N–H and O–H groups in total. The molecule has 1 aliphatic carbocycles. The summed E-state index contributed by atoms with van der Waals surface area (Å²) in [6, 6.07) is 14.6. The van der Waals surface area contributed by atoms with E-state index >= 15 is 0 Å². The number of anilines is 1. The summed E-state index contributed by atoms with van der Waals surface area (Å²) in [5, 5.41) is 5.01. The Labute approximate surface area is 156 Å². The zero-order valence-electron chi connectivity index (χ0n) is 14.5. The zero-order valence-corrected chi connectivity index (χ0v) is 15.4. The molecule has 3 aromatic rings. The molecule has 4 rings (SSSR count). The van der Waals surface area contributed by atoms with Crippen LogP contribution in [0.25, 0.3) is 10.8 Å². The molecule has 0 aliphatic heterocycles. The van der Waals surface area contributed by atoms with Gasteiger partial charge in [0.1, 0.15) is 5.82 Å². The Bertz CT molecular complexity index is 1130. The second kappa shape index (κ2) is 6.78. The van der Waals surface area contributed by atoms with Crippen LogP contribution in [0, 0.1) is 5.82 Å². The molecular weight excluding hydrogens is 365 g/mol. The molecule has 0 radical (unpaired) electrons. The molecular formula is C21H18FNO3S. The Kier molecular flexibility index (Phi) is 4.44. The van der Waals surface area contributed by atoms with Crippen LogP contribution in [0.3, 0.4) is 0 Å². The zero-order chi connectivity index (χ0) is 19.0. The van der Waals surface area contributed by atoms with E-state index in [2.05, 4.69) is 11.4 Å². The summed E-state index contributed by atoms with van der Waals surface area (Å²) >= 11 is 0. The van der Waals surface area contributed by atoms with Crippen LogP contribution in [0.15, 0.2) is 59.5 Å². The van der Waals surface area contributed by atoms with Crippen molar-refractivity contribution in [3.05, 3.63) is 71.5 Å². The first-order valence-corrected chi connectivity index (χ1v) is 10.4. The molecule has 0 fully saturated rings. The maximum Gasteiger partial charge on any atom is 0.225 e. The topological polar surface area (TPSA) is 63.2 Å². The fraction of sp³-hybridized carbons (Fsp3) is 0.190. The van der Waals surface area contributed by atoms with Gasteiger partial charge in [-0.05, 0) is 59.7 Å². The Morgan fingerprint density at radius 2 is 1.67 bits per heavy atom. The van der Waals surface area contributed by atoms with Gasteiger partial charge in [0.25, 0.3) is 0 Å². The van der Waals surface area contributed by atoms with Crippen molar-refractivity contribution >= 4 is 32.2 Å². The van der Waals surface area contributed by atoms with Crippen molar-refractivity contribution in [3.63, 3.8) is 0 Å². The van der Waals surface area contributed by atoms with Gasteiger partial charge in [-0.25, -0.2) is 12.8 Å². The predicted octanol–water partition coefficient (Wildman–Crippen LogP) is 3.88. The maximum absolute atomic E-state index is 13.0. The van der Waals surface area contributed by atoms with Crippen molar-refractivity contribution in [2.75, 3.05) is 11.1 Å². The minimum Gasteiger partial charge on any atom is -0.325 e. The van der Waals surface area contributed by atoms with E-state index in [1.54, 1.807) is 0 Å². The van der Waals surface area contributed by atoms with Crippen molar-refractivity contribution < 1.29 is 17.6 Å². The third kappa shape index (κ3) is 3.45. The SMILES string of the molecule is O=C(CCS(=O)(=O)c1ccc(F)cc1)Nc1ccc2c3c(cccc13)CC2. The highest BCUT2D eigenvalue weighted by Crippen LogP contribution is 2.35. The average molecular weight is 383 g/mol. The van der Waals surface area contributed by atoms with Gasteiger partial charge in [0, 0.05) is 17.5 Å². The van der Waals surface area contributed by atoms with Gasteiger partial charge in [0.05, 0.1) is 10.6 Å². The van der Waals surface area contributed by atoms with E-state index in [-0.39, 0.29) is 23.0 Å². The van der Waals surface area contributed by atoms with Crippen LogP contribution in [0.5, 0.6) is 0 Å². The fourth-order valence-corrected chi connectivity index (χ4v) is 4.80. The number of carbonyl (C=O) groups excluding carboxylic acids is 1. The molecule has 0 spiro atoms. The van der Waals surface area contributed by atoms with E-state index in [1.165, 1.54) is 28.6 Å². The van der Waals surface area contributed by atoms with Crippen LogP contribution in [0.2, 0.25) is 0 Å². The number of hydrogen-bond acceptors (Lipinski definition) is 3. The van der Waals surface area contributed by atoms with E-state index in [0.717, 1.165) is 30.4 Å². The van der Waals surface area contributed by atoms with Gasteiger partial charge in [-0.2, -0.15) is 0 Å². The number of halogens is 1. The quantitative estimate of drug-likeness (QED) is 0.680. The second-order valence-electron chi connectivity index (χ2n) is 6.68. The third-order valence-electron chi connectivity index (χ3n) is 4.92. The van der Waals surface area contributed by atoms with E-state index in [9.17, 15) is 17.6 Å². The number of amides is 1. The van der Waals surface area contributed by atoms with Crippen LogP contribution >= 0.6 is 0 Å². The molecule has 6 heteroatoms. The number of benzene rings is 3. The normalized spacial score (nSPS) is 13.1. The molecule has 4 nitrogen and oxygen atoms in total. The highest BCUT2D eigenvalue weighted by molar-refractivity contribution is 7.91. The van der Waals surface area contributed by atoms with Crippen molar-refractivity contribution in [3.8, 4) is 0 Å². The van der Waals surface area contributed by atoms with Crippen molar-refractivity contribution in [2.45, 2.75) is 24.2 Å². The van der Waals surface area contributed by atoms with Gasteiger partial charge < -0.3 is 5.32 Å². The molecule has 0 bridgehead atoms. The summed E-state index contributed by atoms with van der Waals surface area (Å²) in [6.07, 6.45) is 1.84. The van der Waals surface area contributed by atoms with E-state index in [1.807, 2.05) is 24.3 Å². The Balaban J connectivity index is 1.49. The molecule has 3 aromatic carbocycles. The standard InChI is InChI=1S/C21H18FNO3S/c22-16-7-9-17(10-8-16)27(25,26)13-12-20(24)23-19-11-6-15-5-4-14-2-1-3-18(19)21(14)15/h1-3,6-11H,4-5,12-13H2,(H,23,24).